The molecule has 0 unspecified atom stereocenters. The number of carbonyl (C=O) groups excluding carboxylic acids is 1. The molecule has 1 amide bonds. The minimum absolute atomic E-state index is 0.1000. The van der Waals surface area contributed by atoms with Gasteiger partial charge in [-0.05, 0) is 38.5 Å². The molecule has 1 spiro atoms. The molecule has 0 bridgehead atoms. The maximum Gasteiger partial charge on any atom is 0.293 e. The largest absolute Gasteiger partial charge is 0.366 e. The van der Waals surface area contributed by atoms with Gasteiger partial charge in [0.2, 0.25) is 0 Å². The first-order valence-corrected chi connectivity index (χ1v) is 10.8. The van der Waals surface area contributed by atoms with Crippen LogP contribution < -0.4 is 9.80 Å². The molecule has 0 aliphatic carbocycles. The number of fused-ring (bicyclic) bond motifs is 2. The fourth-order valence-corrected chi connectivity index (χ4v) is 4.82. The van der Waals surface area contributed by atoms with Crippen molar-refractivity contribution in [2.24, 2.45) is 0 Å². The first-order valence-electron chi connectivity index (χ1n) is 10.8. The Hall–Kier alpha value is -2.41. The first-order chi connectivity index (χ1) is 14.6. The molecule has 2 aromatic rings. The fourth-order valence-electron chi connectivity index (χ4n) is 4.82. The summed E-state index contributed by atoms with van der Waals surface area (Å²) in [7, 11) is 0. The van der Waals surface area contributed by atoms with Crippen LogP contribution in [-0.4, -0.2) is 56.4 Å². The Bertz CT molecular complexity index is 924. The summed E-state index contributed by atoms with van der Waals surface area (Å²) in [6.07, 6.45) is 0.815. The van der Waals surface area contributed by atoms with Crippen LogP contribution in [0, 0.1) is 6.92 Å². The normalized spacial score (nSPS) is 23.8. The topological polar surface area (TPSA) is 45.2 Å². The van der Waals surface area contributed by atoms with Gasteiger partial charge in [-0.25, -0.2) is 0 Å². The van der Waals surface area contributed by atoms with E-state index >= 15 is 0 Å². The summed E-state index contributed by atoms with van der Waals surface area (Å²) in [6.45, 7) is 8.74. The Morgan fingerprint density at radius 2 is 1.77 bits per heavy atom. The van der Waals surface area contributed by atoms with Crippen LogP contribution in [0.15, 0.2) is 48.5 Å². The van der Waals surface area contributed by atoms with E-state index in [-0.39, 0.29) is 5.91 Å². The molecule has 0 radical (unpaired) electrons. The van der Waals surface area contributed by atoms with E-state index in [1.54, 1.807) is 0 Å². The predicted octanol–water partition coefficient (Wildman–Crippen LogP) is 3.10. The van der Waals surface area contributed by atoms with Gasteiger partial charge in [0.15, 0.2) is 0 Å². The number of hydrogen-bond donors (Lipinski definition) is 0. The van der Waals surface area contributed by atoms with Crippen LogP contribution in [0.5, 0.6) is 0 Å². The molecule has 0 aromatic heterocycles. The van der Waals surface area contributed by atoms with E-state index in [4.69, 9.17) is 9.47 Å². The lowest BCUT2D eigenvalue weighted by Gasteiger charge is -2.42. The number of aryl methyl sites for hydroxylation is 1. The number of rotatable bonds is 3. The number of para-hydroxylation sites is 1. The zero-order chi connectivity index (χ0) is 20.7. The SMILES string of the molecule is Cc1ccc(N2CCN(CN3C(=O)C4(OCCCO4)c4ccccc43)C[C@@H]2C)cc1. The van der Waals surface area contributed by atoms with Crippen LogP contribution in [-0.2, 0) is 20.1 Å². The molecule has 3 aliphatic heterocycles. The van der Waals surface area contributed by atoms with E-state index in [0.29, 0.717) is 25.9 Å². The third kappa shape index (κ3) is 3.20. The van der Waals surface area contributed by atoms with E-state index in [9.17, 15) is 4.79 Å². The molecule has 3 heterocycles. The monoisotopic (exact) mass is 407 g/mol. The number of amides is 1. The summed E-state index contributed by atoms with van der Waals surface area (Å²) in [5, 5.41) is 0. The second kappa shape index (κ2) is 7.69. The number of piperazine rings is 1. The van der Waals surface area contributed by atoms with Gasteiger partial charge in [0.1, 0.15) is 0 Å². The second-order valence-electron chi connectivity index (χ2n) is 8.51. The number of benzene rings is 2. The number of hydrogen-bond acceptors (Lipinski definition) is 5. The van der Waals surface area contributed by atoms with Crippen LogP contribution in [0.4, 0.5) is 11.4 Å². The Balaban J connectivity index is 1.33. The number of ether oxygens (including phenoxy) is 2. The highest BCUT2D eigenvalue weighted by atomic mass is 16.7. The zero-order valence-electron chi connectivity index (χ0n) is 17.7. The second-order valence-corrected chi connectivity index (χ2v) is 8.51. The molecule has 0 saturated carbocycles. The smallest absolute Gasteiger partial charge is 0.293 e. The summed E-state index contributed by atoms with van der Waals surface area (Å²) >= 11 is 0. The molecule has 1 atom stereocenters. The van der Waals surface area contributed by atoms with E-state index in [1.165, 1.54) is 11.3 Å². The van der Waals surface area contributed by atoms with Crippen molar-refractivity contribution < 1.29 is 14.3 Å². The Morgan fingerprint density at radius 1 is 1.03 bits per heavy atom. The van der Waals surface area contributed by atoms with Crippen molar-refractivity contribution in [2.75, 3.05) is 49.3 Å². The van der Waals surface area contributed by atoms with E-state index < -0.39 is 5.79 Å². The molecule has 158 valence electrons. The highest BCUT2D eigenvalue weighted by Crippen LogP contribution is 2.45. The standard InChI is InChI=1S/C24H29N3O3/c1-18-8-10-20(11-9-18)26-13-12-25(16-19(26)2)17-27-22-7-4-3-6-21(22)24(23(27)28)29-14-5-15-30-24/h3-4,6-11,19H,5,12-17H2,1-2H3/t19-/m0/s1. The van der Waals surface area contributed by atoms with Crippen molar-refractivity contribution in [1.82, 2.24) is 4.90 Å². The van der Waals surface area contributed by atoms with E-state index in [0.717, 1.165) is 37.3 Å². The van der Waals surface area contributed by atoms with Gasteiger partial charge in [0, 0.05) is 36.9 Å². The summed E-state index contributed by atoms with van der Waals surface area (Å²) in [5.41, 5.74) is 4.27. The first kappa shape index (κ1) is 19.5. The molecule has 6 nitrogen and oxygen atoms in total. The lowest BCUT2D eigenvalue weighted by Crippen LogP contribution is -2.56. The molecule has 6 heteroatoms. The molecular weight excluding hydrogens is 378 g/mol. The van der Waals surface area contributed by atoms with Gasteiger partial charge in [-0.15, -0.1) is 0 Å². The highest BCUT2D eigenvalue weighted by molar-refractivity contribution is 6.06. The van der Waals surface area contributed by atoms with Crippen LogP contribution in [0.1, 0.15) is 24.5 Å². The quantitative estimate of drug-likeness (QED) is 0.782. The van der Waals surface area contributed by atoms with Gasteiger partial charge in [0.25, 0.3) is 11.7 Å². The summed E-state index contributed by atoms with van der Waals surface area (Å²) in [5.74, 6) is -1.36. The zero-order valence-corrected chi connectivity index (χ0v) is 17.7. The molecule has 2 saturated heterocycles. The summed E-state index contributed by atoms with van der Waals surface area (Å²) in [6, 6.07) is 17.0. The highest BCUT2D eigenvalue weighted by Gasteiger charge is 2.55. The maximum absolute atomic E-state index is 13.5. The molecule has 2 fully saturated rings. The van der Waals surface area contributed by atoms with E-state index in [2.05, 4.69) is 47.9 Å². The van der Waals surface area contributed by atoms with Crippen LogP contribution in [0.3, 0.4) is 0 Å². The molecule has 30 heavy (non-hydrogen) atoms. The third-order valence-electron chi connectivity index (χ3n) is 6.39. The molecule has 3 aliphatic rings. The van der Waals surface area contributed by atoms with Crippen molar-refractivity contribution in [3.05, 3.63) is 59.7 Å². The Kier molecular flexibility index (Phi) is 5.01. The lowest BCUT2D eigenvalue weighted by atomic mass is 10.1. The van der Waals surface area contributed by atoms with Crippen molar-refractivity contribution in [2.45, 2.75) is 32.1 Å². The van der Waals surface area contributed by atoms with Crippen LogP contribution >= 0.6 is 0 Å². The van der Waals surface area contributed by atoms with Gasteiger partial charge in [-0.3, -0.25) is 14.6 Å². The van der Waals surface area contributed by atoms with Gasteiger partial charge in [-0.1, -0.05) is 35.9 Å². The van der Waals surface area contributed by atoms with Gasteiger partial charge in [0.05, 0.1) is 25.6 Å². The van der Waals surface area contributed by atoms with Crippen molar-refractivity contribution >= 4 is 17.3 Å². The molecule has 0 N–H and O–H groups in total. The predicted molar refractivity (Wildman–Crippen MR) is 117 cm³/mol. The maximum atomic E-state index is 13.5. The van der Waals surface area contributed by atoms with Crippen molar-refractivity contribution in [3.8, 4) is 0 Å². The number of anilines is 2. The van der Waals surface area contributed by atoms with Gasteiger partial charge >= 0.3 is 0 Å². The fraction of sp³-hybridized carbons (Fsp3) is 0.458. The van der Waals surface area contributed by atoms with Crippen LogP contribution in [0.2, 0.25) is 0 Å². The number of carbonyl (C=O) groups is 1. The molecular formula is C24H29N3O3. The average molecular weight is 408 g/mol. The lowest BCUT2D eigenvalue weighted by molar-refractivity contribution is -0.256. The third-order valence-corrected chi connectivity index (χ3v) is 6.39. The van der Waals surface area contributed by atoms with Crippen molar-refractivity contribution in [1.29, 1.82) is 0 Å². The Morgan fingerprint density at radius 3 is 2.50 bits per heavy atom. The minimum Gasteiger partial charge on any atom is -0.366 e. The van der Waals surface area contributed by atoms with Crippen molar-refractivity contribution in [3.63, 3.8) is 0 Å². The molecule has 5 rings (SSSR count). The summed E-state index contributed by atoms with van der Waals surface area (Å²) < 4.78 is 11.9. The Labute approximate surface area is 178 Å². The number of nitrogens with zero attached hydrogens (tertiary/aromatic N) is 3. The molecule has 2 aromatic carbocycles. The van der Waals surface area contributed by atoms with Crippen LogP contribution in [0.25, 0.3) is 0 Å². The van der Waals surface area contributed by atoms with Gasteiger partial charge < -0.3 is 14.4 Å². The van der Waals surface area contributed by atoms with E-state index in [1.807, 2.05) is 29.2 Å². The minimum atomic E-state index is -1.26. The van der Waals surface area contributed by atoms with Gasteiger partial charge in [-0.2, -0.15) is 0 Å². The summed E-state index contributed by atoms with van der Waals surface area (Å²) in [4.78, 5) is 20.1. The average Bonchev–Trinajstić information content (AvgIpc) is 2.98.